The molecule has 0 saturated carbocycles. The fourth-order valence-electron chi connectivity index (χ4n) is 2.70. The van der Waals surface area contributed by atoms with Crippen LogP contribution in [0, 0.1) is 6.92 Å². The van der Waals surface area contributed by atoms with Gasteiger partial charge in [-0.3, -0.25) is 4.31 Å². The Labute approximate surface area is 133 Å². The number of sulfonamides is 1. The van der Waals surface area contributed by atoms with Gasteiger partial charge in [0.25, 0.3) is 10.0 Å². The Morgan fingerprint density at radius 1 is 1.38 bits per heavy atom. The molecule has 2 aromatic rings. The number of halogens is 1. The van der Waals surface area contributed by atoms with Crippen molar-refractivity contribution in [1.82, 2.24) is 4.98 Å². The maximum atomic E-state index is 13.0. The molecule has 21 heavy (non-hydrogen) atoms. The van der Waals surface area contributed by atoms with Crippen LogP contribution in [0.5, 0.6) is 0 Å². The molecule has 0 radical (unpaired) electrons. The van der Waals surface area contributed by atoms with Crippen molar-refractivity contribution in [3.8, 4) is 0 Å². The van der Waals surface area contributed by atoms with Gasteiger partial charge in [0.2, 0.25) is 0 Å². The van der Waals surface area contributed by atoms with E-state index in [0.717, 1.165) is 35.4 Å². The van der Waals surface area contributed by atoms with E-state index in [2.05, 4.69) is 4.98 Å². The minimum Gasteiger partial charge on any atom is -0.263 e. The Balaban J connectivity index is 2.17. The molecule has 1 aliphatic rings. The molecule has 0 N–H and O–H groups in total. The lowest BCUT2D eigenvalue weighted by Gasteiger charge is -2.35. The Bertz CT molecular complexity index is 786. The minimum atomic E-state index is -3.63. The third-order valence-corrected chi connectivity index (χ3v) is 7.46. The van der Waals surface area contributed by atoms with Gasteiger partial charge in [-0.1, -0.05) is 41.1 Å². The highest BCUT2D eigenvalue weighted by Crippen LogP contribution is 2.38. The summed E-state index contributed by atoms with van der Waals surface area (Å²) in [6.07, 6.45) is 1.70. The first-order valence-electron chi connectivity index (χ1n) is 6.66. The van der Waals surface area contributed by atoms with Gasteiger partial charge in [0, 0.05) is 6.04 Å². The van der Waals surface area contributed by atoms with E-state index in [9.17, 15) is 8.42 Å². The second kappa shape index (κ2) is 5.26. The van der Waals surface area contributed by atoms with Crippen LogP contribution < -0.4 is 4.31 Å². The summed E-state index contributed by atoms with van der Waals surface area (Å²) in [6, 6.07) is 7.57. The van der Waals surface area contributed by atoms with Crippen LogP contribution in [0.2, 0.25) is 4.47 Å². The van der Waals surface area contributed by atoms with Gasteiger partial charge < -0.3 is 0 Å². The molecule has 112 valence electrons. The lowest BCUT2D eigenvalue weighted by atomic mass is 9.99. The summed E-state index contributed by atoms with van der Waals surface area (Å²) in [5, 5.41) is 0. The molecule has 0 amide bonds. The van der Waals surface area contributed by atoms with Gasteiger partial charge in [-0.15, -0.1) is 0 Å². The summed E-state index contributed by atoms with van der Waals surface area (Å²) in [5.41, 5.74) is 2.29. The molecule has 0 saturated heterocycles. The van der Waals surface area contributed by atoms with E-state index in [1.54, 1.807) is 6.92 Å². The number of thiazole rings is 1. The first-order valence-corrected chi connectivity index (χ1v) is 9.30. The second-order valence-corrected chi connectivity index (χ2v) is 8.75. The van der Waals surface area contributed by atoms with Gasteiger partial charge in [-0.05, 0) is 38.3 Å². The standard InChI is InChI=1S/C14H15ClN2O2S2/c1-9-7-8-11-5-3-4-6-12(11)17(9)21(18,19)13-10(2)16-14(15)20-13/h3-6,9H,7-8H2,1-2H3. The van der Waals surface area contributed by atoms with E-state index < -0.39 is 10.0 Å². The first-order chi connectivity index (χ1) is 9.91. The maximum absolute atomic E-state index is 13.0. The lowest BCUT2D eigenvalue weighted by Crippen LogP contribution is -2.41. The number of hydrogen-bond donors (Lipinski definition) is 0. The van der Waals surface area contributed by atoms with Crippen LogP contribution in [0.1, 0.15) is 24.6 Å². The number of aryl methyl sites for hydroxylation is 2. The van der Waals surface area contributed by atoms with Gasteiger partial charge in [-0.25, -0.2) is 13.4 Å². The molecular formula is C14H15ClN2O2S2. The number of benzene rings is 1. The van der Waals surface area contributed by atoms with Gasteiger partial charge in [-0.2, -0.15) is 0 Å². The van der Waals surface area contributed by atoms with E-state index in [-0.39, 0.29) is 14.7 Å². The average molecular weight is 343 g/mol. The van der Waals surface area contributed by atoms with E-state index in [0.29, 0.717) is 5.69 Å². The van der Waals surface area contributed by atoms with Crippen molar-refractivity contribution < 1.29 is 8.42 Å². The largest absolute Gasteiger partial charge is 0.276 e. The highest BCUT2D eigenvalue weighted by Gasteiger charge is 2.36. The zero-order valence-electron chi connectivity index (χ0n) is 11.7. The Kier molecular flexibility index (Phi) is 3.71. The number of hydrogen-bond acceptors (Lipinski definition) is 4. The van der Waals surface area contributed by atoms with E-state index in [4.69, 9.17) is 11.6 Å². The number of aromatic nitrogens is 1. The fraction of sp³-hybridized carbons (Fsp3) is 0.357. The minimum absolute atomic E-state index is 0.0785. The molecule has 1 aromatic heterocycles. The summed E-state index contributed by atoms with van der Waals surface area (Å²) < 4.78 is 28.1. The summed E-state index contributed by atoms with van der Waals surface area (Å²) in [6.45, 7) is 3.61. The number of nitrogens with zero attached hydrogens (tertiary/aromatic N) is 2. The van der Waals surface area contributed by atoms with Crippen molar-refractivity contribution in [1.29, 1.82) is 0 Å². The lowest BCUT2D eigenvalue weighted by molar-refractivity contribution is 0.564. The molecule has 1 aliphatic heterocycles. The van der Waals surface area contributed by atoms with Crippen molar-refractivity contribution in [3.05, 3.63) is 40.0 Å². The molecule has 1 atom stereocenters. The fourth-order valence-corrected chi connectivity index (χ4v) is 6.24. The normalized spacial score (nSPS) is 18.6. The van der Waals surface area contributed by atoms with Crippen LogP contribution in [-0.2, 0) is 16.4 Å². The number of anilines is 1. The van der Waals surface area contributed by atoms with Crippen molar-refractivity contribution in [3.63, 3.8) is 0 Å². The summed E-state index contributed by atoms with van der Waals surface area (Å²) >= 11 is 6.89. The summed E-state index contributed by atoms with van der Waals surface area (Å²) in [4.78, 5) is 4.03. The average Bonchev–Trinajstić information content (AvgIpc) is 2.78. The van der Waals surface area contributed by atoms with E-state index >= 15 is 0 Å². The van der Waals surface area contributed by atoms with E-state index in [1.807, 2.05) is 31.2 Å². The molecule has 4 nitrogen and oxygen atoms in total. The molecule has 1 aromatic carbocycles. The molecule has 0 spiro atoms. The quantitative estimate of drug-likeness (QED) is 0.837. The van der Waals surface area contributed by atoms with Crippen molar-refractivity contribution in [2.45, 2.75) is 36.9 Å². The van der Waals surface area contributed by atoms with Gasteiger partial charge >= 0.3 is 0 Å². The molecular weight excluding hydrogens is 328 g/mol. The number of para-hydroxylation sites is 1. The highest BCUT2D eigenvalue weighted by molar-refractivity contribution is 7.94. The third-order valence-electron chi connectivity index (χ3n) is 3.68. The third kappa shape index (κ3) is 2.45. The first kappa shape index (κ1) is 14.8. The van der Waals surface area contributed by atoms with Crippen molar-refractivity contribution in [2.24, 2.45) is 0 Å². The van der Waals surface area contributed by atoms with Crippen molar-refractivity contribution in [2.75, 3.05) is 4.31 Å². The molecule has 2 heterocycles. The van der Waals surface area contributed by atoms with Crippen LogP contribution in [0.15, 0.2) is 28.5 Å². The van der Waals surface area contributed by atoms with Crippen LogP contribution in [0.25, 0.3) is 0 Å². The molecule has 0 fully saturated rings. The second-order valence-electron chi connectivity index (χ2n) is 5.16. The smallest absolute Gasteiger partial charge is 0.263 e. The summed E-state index contributed by atoms with van der Waals surface area (Å²) in [7, 11) is -3.63. The van der Waals surface area contributed by atoms with Crippen LogP contribution in [-0.4, -0.2) is 19.4 Å². The van der Waals surface area contributed by atoms with Crippen LogP contribution >= 0.6 is 22.9 Å². The molecule has 0 aliphatic carbocycles. The maximum Gasteiger partial charge on any atom is 0.276 e. The predicted molar refractivity (Wildman–Crippen MR) is 85.8 cm³/mol. The van der Waals surface area contributed by atoms with Crippen LogP contribution in [0.4, 0.5) is 5.69 Å². The monoisotopic (exact) mass is 342 g/mol. The molecule has 0 bridgehead atoms. The topological polar surface area (TPSA) is 50.3 Å². The number of rotatable bonds is 2. The number of fused-ring (bicyclic) bond motifs is 1. The van der Waals surface area contributed by atoms with Gasteiger partial charge in [0.1, 0.15) is 0 Å². The van der Waals surface area contributed by atoms with E-state index in [1.165, 1.54) is 4.31 Å². The van der Waals surface area contributed by atoms with Crippen LogP contribution in [0.3, 0.4) is 0 Å². The highest BCUT2D eigenvalue weighted by atomic mass is 35.5. The van der Waals surface area contributed by atoms with Gasteiger partial charge in [0.15, 0.2) is 8.68 Å². The Morgan fingerprint density at radius 2 is 2.10 bits per heavy atom. The SMILES string of the molecule is Cc1nc(Cl)sc1S(=O)(=O)N1c2ccccc2CCC1C. The van der Waals surface area contributed by atoms with Gasteiger partial charge in [0.05, 0.1) is 11.4 Å². The van der Waals surface area contributed by atoms with Crippen molar-refractivity contribution >= 4 is 38.6 Å². The molecule has 1 unspecified atom stereocenters. The predicted octanol–water partition coefficient (Wildman–Crippen LogP) is 3.63. The zero-order valence-corrected chi connectivity index (χ0v) is 14.1. The summed E-state index contributed by atoms with van der Waals surface area (Å²) in [5.74, 6) is 0. The Morgan fingerprint density at radius 3 is 2.76 bits per heavy atom. The molecule has 3 rings (SSSR count). The Hall–Kier alpha value is -1.11. The zero-order chi connectivity index (χ0) is 15.2. The molecule has 7 heteroatoms.